The Kier molecular flexibility index (Phi) is 2.75. The number of imidazole rings is 2. The zero-order valence-corrected chi connectivity index (χ0v) is 12.4. The summed E-state index contributed by atoms with van der Waals surface area (Å²) < 4.78 is 10.3. The van der Waals surface area contributed by atoms with Gasteiger partial charge in [-0.25, -0.2) is 0 Å². The second-order valence-electron chi connectivity index (χ2n) is 5.84. The smallest absolute Gasteiger partial charge is 0.129 e. The van der Waals surface area contributed by atoms with E-state index >= 15 is 0 Å². The fourth-order valence-electron chi connectivity index (χ4n) is 3.32. The summed E-state index contributed by atoms with van der Waals surface area (Å²) in [6.45, 7) is 6.68. The third-order valence-electron chi connectivity index (χ3n) is 4.74. The third-order valence-corrected chi connectivity index (χ3v) is 4.74. The average molecular weight is 284 g/mol. The molecule has 0 bridgehead atoms. The summed E-state index contributed by atoms with van der Waals surface area (Å²) in [5.74, 6) is 1.59. The zero-order chi connectivity index (χ0) is 14.6. The van der Waals surface area contributed by atoms with Gasteiger partial charge in [-0.15, -0.1) is 0 Å². The summed E-state index contributed by atoms with van der Waals surface area (Å²) in [6, 6.07) is 0. The number of hydrogen-bond acceptors (Lipinski definition) is 4. The molecule has 0 amide bonds. The van der Waals surface area contributed by atoms with Crippen LogP contribution < -0.4 is 0 Å². The molecule has 6 heteroatoms. The highest BCUT2D eigenvalue weighted by Crippen LogP contribution is 2.40. The monoisotopic (exact) mass is 284 g/mol. The van der Waals surface area contributed by atoms with Crippen molar-refractivity contribution in [2.24, 2.45) is 11.8 Å². The molecule has 0 N–H and O–H groups in total. The van der Waals surface area contributed by atoms with Gasteiger partial charge in [0, 0.05) is 29.5 Å². The second kappa shape index (κ2) is 4.53. The van der Waals surface area contributed by atoms with Crippen molar-refractivity contribution in [3.8, 4) is 0 Å². The molecule has 6 nitrogen and oxygen atoms in total. The van der Waals surface area contributed by atoms with Crippen LogP contribution in [0.15, 0.2) is 18.7 Å². The Labute approximate surface area is 122 Å². The van der Waals surface area contributed by atoms with E-state index in [2.05, 4.69) is 46.5 Å². The molecular formula is C15H18N5O-. The first-order valence-electron chi connectivity index (χ1n) is 7.43. The maximum absolute atomic E-state index is 6.27. The Morgan fingerprint density at radius 2 is 2.14 bits per heavy atom. The average Bonchev–Trinajstić information content (AvgIpc) is 3.17. The molecule has 110 valence electrons. The van der Waals surface area contributed by atoms with E-state index in [1.165, 1.54) is 0 Å². The minimum absolute atomic E-state index is 0.00338. The Bertz CT molecular complexity index is 792. The lowest BCUT2D eigenvalue weighted by atomic mass is 9.91. The third kappa shape index (κ3) is 1.72. The van der Waals surface area contributed by atoms with E-state index in [4.69, 9.17) is 4.74 Å². The molecule has 0 saturated carbocycles. The molecule has 0 aliphatic carbocycles. The Morgan fingerprint density at radius 3 is 2.90 bits per heavy atom. The number of nitrogens with zero attached hydrogens (tertiary/aromatic N) is 5. The molecule has 1 saturated heterocycles. The number of ether oxygens (including phenoxy) is 1. The Hall–Kier alpha value is -1.95. The SMILES string of the molecule is CCC1OC(n2cnc3[c-]nc4nccn4c32)C(C)C1C. The van der Waals surface area contributed by atoms with Crippen LogP contribution in [0.25, 0.3) is 16.9 Å². The van der Waals surface area contributed by atoms with Crippen molar-refractivity contribution in [2.45, 2.75) is 39.5 Å². The molecule has 4 heterocycles. The predicted octanol–water partition coefficient (Wildman–Crippen LogP) is 2.46. The Balaban J connectivity index is 1.89. The van der Waals surface area contributed by atoms with Gasteiger partial charge in [0.25, 0.3) is 0 Å². The molecule has 1 aliphatic heterocycles. The van der Waals surface area contributed by atoms with Crippen LogP contribution in [0.4, 0.5) is 0 Å². The van der Waals surface area contributed by atoms with E-state index in [-0.39, 0.29) is 6.23 Å². The van der Waals surface area contributed by atoms with Crippen LogP contribution >= 0.6 is 0 Å². The van der Waals surface area contributed by atoms with Gasteiger partial charge in [0.15, 0.2) is 0 Å². The molecule has 0 spiro atoms. The quantitative estimate of drug-likeness (QED) is 0.678. The van der Waals surface area contributed by atoms with Crippen LogP contribution in [0, 0.1) is 18.0 Å². The van der Waals surface area contributed by atoms with Gasteiger partial charge < -0.3 is 18.7 Å². The first-order chi connectivity index (χ1) is 10.2. The van der Waals surface area contributed by atoms with Gasteiger partial charge in [-0.3, -0.25) is 9.97 Å². The topological polar surface area (TPSA) is 57.2 Å². The van der Waals surface area contributed by atoms with Gasteiger partial charge >= 0.3 is 0 Å². The van der Waals surface area contributed by atoms with Gasteiger partial charge in [-0.2, -0.15) is 0 Å². The van der Waals surface area contributed by atoms with Crippen LogP contribution in [0.5, 0.6) is 0 Å². The second-order valence-corrected chi connectivity index (χ2v) is 5.84. The summed E-state index contributed by atoms with van der Waals surface area (Å²) in [5.41, 5.74) is 1.68. The molecule has 1 aliphatic rings. The van der Waals surface area contributed by atoms with Crippen LogP contribution in [0.2, 0.25) is 0 Å². The molecule has 21 heavy (non-hydrogen) atoms. The van der Waals surface area contributed by atoms with Crippen LogP contribution in [0.1, 0.15) is 33.4 Å². The zero-order valence-electron chi connectivity index (χ0n) is 12.4. The van der Waals surface area contributed by atoms with Crippen LogP contribution in [0.3, 0.4) is 0 Å². The highest BCUT2D eigenvalue weighted by molar-refractivity contribution is 5.72. The van der Waals surface area contributed by atoms with Crippen LogP contribution in [-0.2, 0) is 4.74 Å². The summed E-state index contributed by atoms with van der Waals surface area (Å²) in [7, 11) is 0. The number of aromatic nitrogens is 5. The summed E-state index contributed by atoms with van der Waals surface area (Å²) in [6.07, 6.45) is 9.75. The summed E-state index contributed by atoms with van der Waals surface area (Å²) in [4.78, 5) is 12.8. The molecule has 4 atom stereocenters. The van der Waals surface area contributed by atoms with Gasteiger partial charge in [-0.05, 0) is 18.5 Å². The van der Waals surface area contributed by atoms with E-state index in [9.17, 15) is 0 Å². The van der Waals surface area contributed by atoms with Gasteiger partial charge in [-0.1, -0.05) is 20.8 Å². The van der Waals surface area contributed by atoms with E-state index in [1.54, 1.807) is 6.20 Å². The fourth-order valence-corrected chi connectivity index (χ4v) is 3.32. The van der Waals surface area contributed by atoms with Crippen LogP contribution in [-0.4, -0.2) is 30.0 Å². The lowest BCUT2D eigenvalue weighted by molar-refractivity contribution is -0.0120. The van der Waals surface area contributed by atoms with Crippen molar-refractivity contribution in [3.05, 3.63) is 24.9 Å². The fraction of sp³-hybridized carbons (Fsp3) is 0.533. The van der Waals surface area contributed by atoms with Crippen molar-refractivity contribution in [3.63, 3.8) is 0 Å². The molecule has 0 radical (unpaired) electrons. The lowest BCUT2D eigenvalue weighted by Crippen LogP contribution is -2.16. The number of hydrogen-bond donors (Lipinski definition) is 0. The number of fused-ring (bicyclic) bond motifs is 3. The molecule has 4 unspecified atom stereocenters. The maximum Gasteiger partial charge on any atom is 0.129 e. The summed E-state index contributed by atoms with van der Waals surface area (Å²) >= 11 is 0. The molecule has 3 aromatic rings. The van der Waals surface area contributed by atoms with E-state index in [1.807, 2.05) is 16.9 Å². The minimum atomic E-state index is -0.00338. The van der Waals surface area contributed by atoms with Crippen molar-refractivity contribution in [1.82, 2.24) is 23.9 Å². The first-order valence-corrected chi connectivity index (χ1v) is 7.43. The highest BCUT2D eigenvalue weighted by atomic mass is 16.5. The van der Waals surface area contributed by atoms with E-state index in [0.29, 0.717) is 23.7 Å². The van der Waals surface area contributed by atoms with E-state index < -0.39 is 0 Å². The highest BCUT2D eigenvalue weighted by Gasteiger charge is 2.38. The lowest BCUT2D eigenvalue weighted by Gasteiger charge is -2.22. The van der Waals surface area contributed by atoms with Gasteiger partial charge in [0.1, 0.15) is 12.0 Å². The first kappa shape index (κ1) is 12.8. The van der Waals surface area contributed by atoms with Crippen molar-refractivity contribution in [2.75, 3.05) is 0 Å². The maximum atomic E-state index is 6.27. The largest absolute Gasteiger partial charge is 0.376 e. The minimum Gasteiger partial charge on any atom is -0.376 e. The molecule has 4 rings (SSSR count). The summed E-state index contributed by atoms with van der Waals surface area (Å²) in [5, 5.41) is 0. The molecule has 3 aromatic heterocycles. The normalized spacial score (nSPS) is 29.7. The molecular weight excluding hydrogens is 266 g/mol. The predicted molar refractivity (Wildman–Crippen MR) is 77.6 cm³/mol. The molecule has 1 fully saturated rings. The van der Waals surface area contributed by atoms with Crippen molar-refractivity contribution >= 4 is 16.9 Å². The molecule has 0 aromatic carbocycles. The number of rotatable bonds is 2. The standard InChI is InChI=1S/C15H18N5O/c1-4-12-9(2)10(3)14(21-12)20-8-18-11-7-17-15-16-5-6-19(15)13(11)20/h5-6,8-10,12,14H,4H2,1-3H3/q-1. The van der Waals surface area contributed by atoms with Gasteiger partial charge in [0.05, 0.1) is 12.4 Å². The van der Waals surface area contributed by atoms with Gasteiger partial charge in [0.2, 0.25) is 0 Å². The Morgan fingerprint density at radius 1 is 1.29 bits per heavy atom. The van der Waals surface area contributed by atoms with Crippen molar-refractivity contribution < 1.29 is 4.74 Å². The van der Waals surface area contributed by atoms with Crippen molar-refractivity contribution in [1.29, 1.82) is 0 Å². The van der Waals surface area contributed by atoms with E-state index in [0.717, 1.165) is 17.6 Å².